The van der Waals surface area contributed by atoms with E-state index < -0.39 is 10.2 Å². The summed E-state index contributed by atoms with van der Waals surface area (Å²) in [5.74, 6) is 1.26. The highest BCUT2D eigenvalue weighted by molar-refractivity contribution is 7.88. The maximum absolute atomic E-state index is 11.7. The van der Waals surface area contributed by atoms with Crippen LogP contribution >= 0.6 is 0 Å². The molecule has 0 heterocycles. The van der Waals surface area contributed by atoms with Crippen LogP contribution in [0.25, 0.3) is 0 Å². The lowest BCUT2D eigenvalue weighted by Crippen LogP contribution is -1.86. The number of nitrogens with zero attached hydrogens (tertiary/aromatic N) is 4. The van der Waals surface area contributed by atoms with Crippen molar-refractivity contribution in [1.29, 1.82) is 0 Å². The predicted octanol–water partition coefficient (Wildman–Crippen LogP) is 3.82. The van der Waals surface area contributed by atoms with E-state index in [0.29, 0.717) is 22.9 Å². The standard InChI is InChI=1S/C14H14N4O4S/c1-21-13-7-3-11(4-8-13)15-17-23(19,20)18-16-12-5-9-14(22-2)10-6-12/h3-10H,1-2H3. The van der Waals surface area contributed by atoms with Gasteiger partial charge in [-0.15, -0.1) is 10.2 Å². The summed E-state index contributed by atoms with van der Waals surface area (Å²) < 4.78 is 39.7. The van der Waals surface area contributed by atoms with Gasteiger partial charge in [0.15, 0.2) is 0 Å². The molecule has 0 saturated heterocycles. The van der Waals surface area contributed by atoms with Gasteiger partial charge in [0.25, 0.3) is 0 Å². The van der Waals surface area contributed by atoms with Crippen LogP contribution in [0.5, 0.6) is 11.5 Å². The first-order valence-electron chi connectivity index (χ1n) is 6.41. The molecular weight excluding hydrogens is 320 g/mol. The Kier molecular flexibility index (Phi) is 5.36. The molecule has 0 bridgehead atoms. The summed E-state index contributed by atoms with van der Waals surface area (Å²) >= 11 is 0. The van der Waals surface area contributed by atoms with E-state index in [4.69, 9.17) is 9.47 Å². The van der Waals surface area contributed by atoms with Gasteiger partial charge in [0.2, 0.25) is 0 Å². The number of benzene rings is 2. The van der Waals surface area contributed by atoms with E-state index in [9.17, 15) is 8.42 Å². The minimum absolute atomic E-state index is 0.356. The van der Waals surface area contributed by atoms with Crippen molar-refractivity contribution in [3.8, 4) is 11.5 Å². The normalized spacial score (nSPS) is 11.9. The molecule has 0 fully saturated rings. The molecule has 0 spiro atoms. The number of methoxy groups -OCH3 is 2. The van der Waals surface area contributed by atoms with Gasteiger partial charge in [0, 0.05) is 0 Å². The Bertz CT molecular complexity index is 736. The maximum atomic E-state index is 11.7. The molecule has 0 aliphatic heterocycles. The molecule has 8 nitrogen and oxygen atoms in total. The zero-order chi connectivity index (χ0) is 16.7. The summed E-state index contributed by atoms with van der Waals surface area (Å²) in [7, 11) is -1.10. The van der Waals surface area contributed by atoms with Crippen LogP contribution in [0.4, 0.5) is 11.4 Å². The molecule has 120 valence electrons. The molecule has 0 amide bonds. The van der Waals surface area contributed by atoms with Crippen LogP contribution in [-0.2, 0) is 10.2 Å². The summed E-state index contributed by atoms with van der Waals surface area (Å²) in [5, 5.41) is 7.20. The van der Waals surface area contributed by atoms with Crippen LogP contribution in [0.15, 0.2) is 67.8 Å². The van der Waals surface area contributed by atoms with Crippen molar-refractivity contribution in [3.05, 3.63) is 48.5 Å². The van der Waals surface area contributed by atoms with E-state index >= 15 is 0 Å². The fourth-order valence-electron chi connectivity index (χ4n) is 1.51. The highest BCUT2D eigenvalue weighted by Crippen LogP contribution is 2.20. The quantitative estimate of drug-likeness (QED) is 0.749. The zero-order valence-corrected chi connectivity index (χ0v) is 13.3. The molecule has 2 aromatic rings. The third-order valence-electron chi connectivity index (χ3n) is 2.66. The first kappa shape index (κ1) is 16.6. The van der Waals surface area contributed by atoms with E-state index in [1.165, 1.54) is 14.2 Å². The molecule has 23 heavy (non-hydrogen) atoms. The third kappa shape index (κ3) is 5.15. The molecule has 0 saturated carbocycles. The summed E-state index contributed by atoms with van der Waals surface area (Å²) in [6.07, 6.45) is 0. The van der Waals surface area contributed by atoms with Crippen molar-refractivity contribution >= 4 is 21.6 Å². The second kappa shape index (κ2) is 7.45. The molecule has 0 radical (unpaired) electrons. The predicted molar refractivity (Wildman–Crippen MR) is 83.9 cm³/mol. The SMILES string of the molecule is COc1ccc(N=NS(=O)(=O)N=Nc2ccc(OC)cc2)cc1. The second-order valence-electron chi connectivity index (χ2n) is 4.21. The van der Waals surface area contributed by atoms with E-state index in [1.807, 2.05) is 0 Å². The molecule has 2 rings (SSSR count). The smallest absolute Gasteiger partial charge is 0.398 e. The summed E-state index contributed by atoms with van der Waals surface area (Å²) in [4.78, 5) is 0. The Labute approximate surface area is 133 Å². The minimum Gasteiger partial charge on any atom is -0.497 e. The summed E-state index contributed by atoms with van der Waals surface area (Å²) in [6, 6.07) is 12.8. The van der Waals surface area contributed by atoms with Crippen LogP contribution in [-0.4, -0.2) is 22.6 Å². The number of rotatable bonds is 6. The van der Waals surface area contributed by atoms with Crippen molar-refractivity contribution in [2.45, 2.75) is 0 Å². The van der Waals surface area contributed by atoms with Crippen LogP contribution in [0, 0.1) is 0 Å². The minimum atomic E-state index is -4.16. The van der Waals surface area contributed by atoms with Crippen molar-refractivity contribution in [1.82, 2.24) is 0 Å². The van der Waals surface area contributed by atoms with Gasteiger partial charge in [-0.3, -0.25) is 0 Å². The van der Waals surface area contributed by atoms with Crippen LogP contribution in [0.1, 0.15) is 0 Å². The van der Waals surface area contributed by atoms with E-state index in [2.05, 4.69) is 19.3 Å². The van der Waals surface area contributed by atoms with Crippen molar-refractivity contribution < 1.29 is 17.9 Å². The van der Waals surface area contributed by atoms with Gasteiger partial charge in [0.1, 0.15) is 11.5 Å². The molecule has 0 aliphatic carbocycles. The second-order valence-corrected chi connectivity index (χ2v) is 5.43. The first-order chi connectivity index (χ1) is 11.0. The average Bonchev–Trinajstić information content (AvgIpc) is 2.59. The van der Waals surface area contributed by atoms with Gasteiger partial charge in [-0.25, -0.2) is 0 Å². The molecular formula is C14H14N4O4S. The van der Waals surface area contributed by atoms with Gasteiger partial charge in [0.05, 0.1) is 25.6 Å². The van der Waals surface area contributed by atoms with Gasteiger partial charge in [-0.2, -0.15) is 8.42 Å². The van der Waals surface area contributed by atoms with Gasteiger partial charge < -0.3 is 9.47 Å². The van der Waals surface area contributed by atoms with Crippen LogP contribution in [0.2, 0.25) is 0 Å². The molecule has 0 aromatic heterocycles. The fourth-order valence-corrected chi connectivity index (χ4v) is 1.94. The monoisotopic (exact) mass is 334 g/mol. The molecule has 2 aromatic carbocycles. The molecule has 0 aliphatic rings. The van der Waals surface area contributed by atoms with Crippen LogP contribution in [0.3, 0.4) is 0 Å². The topological polar surface area (TPSA) is 102 Å². The lowest BCUT2D eigenvalue weighted by molar-refractivity contribution is 0.414. The van der Waals surface area contributed by atoms with E-state index in [1.54, 1.807) is 48.5 Å². The number of ether oxygens (including phenoxy) is 2. The van der Waals surface area contributed by atoms with Crippen molar-refractivity contribution in [2.75, 3.05) is 14.2 Å². The highest BCUT2D eigenvalue weighted by atomic mass is 32.2. The Hall–Kier alpha value is -2.81. The highest BCUT2D eigenvalue weighted by Gasteiger charge is 2.05. The van der Waals surface area contributed by atoms with Gasteiger partial charge in [-0.05, 0) is 57.6 Å². The Morgan fingerprint density at radius 2 is 1.04 bits per heavy atom. The van der Waals surface area contributed by atoms with Gasteiger partial charge in [-0.1, -0.05) is 0 Å². The molecule has 0 N–H and O–H groups in total. The lowest BCUT2D eigenvalue weighted by Gasteiger charge is -1.98. The zero-order valence-electron chi connectivity index (χ0n) is 12.4. The molecule has 0 unspecified atom stereocenters. The number of hydrogen-bond acceptors (Lipinski definition) is 6. The summed E-state index contributed by atoms with van der Waals surface area (Å²) in [6.45, 7) is 0. The molecule has 9 heteroatoms. The van der Waals surface area contributed by atoms with E-state index in [-0.39, 0.29) is 0 Å². The molecule has 0 atom stereocenters. The van der Waals surface area contributed by atoms with Crippen molar-refractivity contribution in [3.63, 3.8) is 0 Å². The largest absolute Gasteiger partial charge is 0.497 e. The van der Waals surface area contributed by atoms with Crippen molar-refractivity contribution in [2.24, 2.45) is 19.3 Å². The van der Waals surface area contributed by atoms with E-state index in [0.717, 1.165) is 0 Å². The number of hydrogen-bond donors (Lipinski definition) is 0. The first-order valence-corrected chi connectivity index (χ1v) is 7.81. The average molecular weight is 334 g/mol. The maximum Gasteiger partial charge on any atom is 0.398 e. The van der Waals surface area contributed by atoms with Crippen LogP contribution < -0.4 is 9.47 Å². The summed E-state index contributed by atoms with van der Waals surface area (Å²) in [5.41, 5.74) is 0.711. The Morgan fingerprint density at radius 1 is 0.696 bits per heavy atom. The Morgan fingerprint density at radius 3 is 1.35 bits per heavy atom. The third-order valence-corrected chi connectivity index (χ3v) is 3.24. The lowest BCUT2D eigenvalue weighted by atomic mass is 10.3. The Balaban J connectivity index is 2.07. The van der Waals surface area contributed by atoms with Gasteiger partial charge >= 0.3 is 10.2 Å². The fraction of sp³-hybridized carbons (Fsp3) is 0.143.